The van der Waals surface area contributed by atoms with E-state index in [0.717, 1.165) is 13.1 Å². The molecule has 0 heterocycles. The Hall–Kier alpha value is 0.920. The van der Waals surface area contributed by atoms with Crippen molar-refractivity contribution in [1.82, 2.24) is 3.93 Å². The fourth-order valence-corrected chi connectivity index (χ4v) is 0.224. The molecule has 0 spiro atoms. The molecule has 0 bridgehead atoms. The van der Waals surface area contributed by atoms with E-state index < -0.39 is 0 Å². The Morgan fingerprint density at radius 2 is 1.57 bits per heavy atom. The normalized spacial score (nSPS) is 8.57. The van der Waals surface area contributed by atoms with E-state index in [0.29, 0.717) is 0 Å². The molecule has 0 radical (unpaired) electrons. The highest BCUT2D eigenvalue weighted by atomic mass is 79.9. The summed E-state index contributed by atoms with van der Waals surface area (Å²) >= 11 is 3.31. The molecule has 1 nitrogen and oxygen atoms in total. The maximum atomic E-state index is 3.31. The van der Waals surface area contributed by atoms with E-state index in [1.165, 1.54) is 0 Å². The highest BCUT2D eigenvalue weighted by Gasteiger charge is 1.84. The molecule has 0 amide bonds. The standard InChI is InChI=1S/C4H10BrN.BrH/c1-3-6(5)4-2;/h3-4H2,1-2H3;1H. The van der Waals surface area contributed by atoms with Crippen molar-refractivity contribution in [3.8, 4) is 0 Å². The zero-order valence-electron chi connectivity index (χ0n) is 4.65. The van der Waals surface area contributed by atoms with Crippen LogP contribution in [0.2, 0.25) is 0 Å². The van der Waals surface area contributed by atoms with Gasteiger partial charge in [-0.3, -0.25) is 0 Å². The summed E-state index contributed by atoms with van der Waals surface area (Å²) in [6.07, 6.45) is 0. The summed E-state index contributed by atoms with van der Waals surface area (Å²) in [6.45, 7) is 6.38. The number of hydrogen-bond acceptors (Lipinski definition) is 1. The second-order valence-electron chi connectivity index (χ2n) is 1.10. The van der Waals surface area contributed by atoms with Crippen molar-refractivity contribution >= 4 is 33.1 Å². The molecule has 0 aromatic rings. The molecule has 0 aromatic heterocycles. The van der Waals surface area contributed by atoms with Gasteiger partial charge in [-0.15, -0.1) is 17.0 Å². The Bertz CT molecular complexity index is 28.9. The van der Waals surface area contributed by atoms with Crippen molar-refractivity contribution in [1.29, 1.82) is 0 Å². The largest absolute Gasteiger partial charge is 0.243 e. The average molecular weight is 233 g/mol. The van der Waals surface area contributed by atoms with Crippen LogP contribution < -0.4 is 0 Å². The zero-order valence-corrected chi connectivity index (χ0v) is 7.95. The van der Waals surface area contributed by atoms with E-state index in [4.69, 9.17) is 0 Å². The third-order valence-electron chi connectivity index (χ3n) is 0.686. The molecule has 0 aliphatic carbocycles. The summed E-state index contributed by atoms with van der Waals surface area (Å²) in [7, 11) is 0. The Balaban J connectivity index is 0. The van der Waals surface area contributed by atoms with Gasteiger partial charge >= 0.3 is 0 Å². The van der Waals surface area contributed by atoms with Crippen LogP contribution in [0.1, 0.15) is 13.8 Å². The van der Waals surface area contributed by atoms with Gasteiger partial charge in [0.1, 0.15) is 0 Å². The van der Waals surface area contributed by atoms with Crippen LogP contribution in [0.15, 0.2) is 0 Å². The molecule has 0 N–H and O–H groups in total. The first kappa shape index (κ1) is 10.8. The minimum Gasteiger partial charge on any atom is -0.243 e. The number of rotatable bonds is 2. The van der Waals surface area contributed by atoms with Gasteiger partial charge in [0.15, 0.2) is 0 Å². The van der Waals surface area contributed by atoms with Gasteiger partial charge in [-0.1, -0.05) is 13.8 Å². The van der Waals surface area contributed by atoms with E-state index in [1.807, 2.05) is 0 Å². The molecule has 46 valence electrons. The fourth-order valence-electron chi connectivity index (χ4n) is 0.224. The van der Waals surface area contributed by atoms with Crippen LogP contribution in [0.5, 0.6) is 0 Å². The monoisotopic (exact) mass is 231 g/mol. The topological polar surface area (TPSA) is 3.24 Å². The van der Waals surface area contributed by atoms with E-state index in [1.54, 1.807) is 0 Å². The first-order valence-corrected chi connectivity index (χ1v) is 2.92. The predicted octanol–water partition coefficient (Wildman–Crippen LogP) is 2.22. The summed E-state index contributed by atoms with van der Waals surface area (Å²) in [6, 6.07) is 0. The predicted molar refractivity (Wildman–Crippen MR) is 42.2 cm³/mol. The maximum Gasteiger partial charge on any atom is 0.0119 e. The fraction of sp³-hybridized carbons (Fsp3) is 1.00. The molecule has 0 fully saturated rings. The van der Waals surface area contributed by atoms with E-state index >= 15 is 0 Å². The molecule has 7 heavy (non-hydrogen) atoms. The summed E-state index contributed by atoms with van der Waals surface area (Å²) in [4.78, 5) is 0. The summed E-state index contributed by atoms with van der Waals surface area (Å²) in [5.41, 5.74) is 0. The zero-order chi connectivity index (χ0) is 4.99. The van der Waals surface area contributed by atoms with Crippen LogP contribution in [0.25, 0.3) is 0 Å². The highest BCUT2D eigenvalue weighted by Crippen LogP contribution is 1.91. The van der Waals surface area contributed by atoms with Gasteiger partial charge in [-0.25, -0.2) is 3.93 Å². The SMILES string of the molecule is Br.CCN(Br)CC. The second-order valence-corrected chi connectivity index (χ2v) is 2.10. The Kier molecular flexibility index (Phi) is 10.7. The van der Waals surface area contributed by atoms with Crippen molar-refractivity contribution in [2.75, 3.05) is 13.1 Å². The van der Waals surface area contributed by atoms with Gasteiger partial charge in [0.05, 0.1) is 0 Å². The van der Waals surface area contributed by atoms with Crippen LogP contribution in [-0.4, -0.2) is 17.0 Å². The molecular formula is C4H11Br2N. The highest BCUT2D eigenvalue weighted by molar-refractivity contribution is 9.07. The minimum absolute atomic E-state index is 0. The van der Waals surface area contributed by atoms with E-state index in [-0.39, 0.29) is 17.0 Å². The smallest absolute Gasteiger partial charge is 0.0119 e. The lowest BCUT2D eigenvalue weighted by Gasteiger charge is -2.03. The van der Waals surface area contributed by atoms with Gasteiger partial charge in [0.2, 0.25) is 0 Å². The molecule has 0 rings (SSSR count). The van der Waals surface area contributed by atoms with Crippen molar-refractivity contribution in [2.45, 2.75) is 13.8 Å². The lowest BCUT2D eigenvalue weighted by molar-refractivity contribution is 0.544. The van der Waals surface area contributed by atoms with Crippen molar-refractivity contribution in [2.24, 2.45) is 0 Å². The molecule has 0 saturated heterocycles. The lowest BCUT2D eigenvalue weighted by Crippen LogP contribution is -2.07. The third-order valence-corrected chi connectivity index (χ3v) is 1.69. The van der Waals surface area contributed by atoms with Gasteiger partial charge < -0.3 is 0 Å². The first-order chi connectivity index (χ1) is 2.81. The van der Waals surface area contributed by atoms with Crippen molar-refractivity contribution in [3.05, 3.63) is 0 Å². The average Bonchev–Trinajstić information content (AvgIpc) is 1.65. The summed E-state index contributed by atoms with van der Waals surface area (Å²) < 4.78 is 2.06. The Morgan fingerprint density at radius 1 is 1.29 bits per heavy atom. The van der Waals surface area contributed by atoms with E-state index in [2.05, 4.69) is 33.9 Å². The molecule has 0 aromatic carbocycles. The number of hydrogen-bond donors (Lipinski definition) is 0. The third kappa shape index (κ3) is 6.92. The molecule has 0 aliphatic rings. The van der Waals surface area contributed by atoms with Crippen LogP contribution in [0.4, 0.5) is 0 Å². The van der Waals surface area contributed by atoms with Crippen LogP contribution in [0.3, 0.4) is 0 Å². The molecular weight excluding hydrogens is 222 g/mol. The van der Waals surface area contributed by atoms with Gasteiger partial charge in [0.25, 0.3) is 0 Å². The van der Waals surface area contributed by atoms with Crippen LogP contribution in [0, 0.1) is 0 Å². The van der Waals surface area contributed by atoms with Crippen LogP contribution >= 0.6 is 33.1 Å². The van der Waals surface area contributed by atoms with Crippen molar-refractivity contribution < 1.29 is 0 Å². The van der Waals surface area contributed by atoms with E-state index in [9.17, 15) is 0 Å². The number of halogens is 2. The molecule has 0 saturated carbocycles. The molecule has 0 aliphatic heterocycles. The van der Waals surface area contributed by atoms with Gasteiger partial charge in [-0.05, 0) is 0 Å². The minimum atomic E-state index is 0. The lowest BCUT2D eigenvalue weighted by atomic mass is 10.7. The van der Waals surface area contributed by atoms with Crippen LogP contribution in [-0.2, 0) is 0 Å². The maximum absolute atomic E-state index is 3.31. The number of nitrogens with zero attached hydrogens (tertiary/aromatic N) is 1. The van der Waals surface area contributed by atoms with Gasteiger partial charge in [-0.2, -0.15) is 0 Å². The molecule has 0 atom stereocenters. The second kappa shape index (κ2) is 6.92. The quantitative estimate of drug-likeness (QED) is 0.661. The van der Waals surface area contributed by atoms with Gasteiger partial charge in [0, 0.05) is 29.2 Å². The first-order valence-electron chi connectivity index (χ1n) is 2.22. The summed E-state index contributed by atoms with van der Waals surface area (Å²) in [5, 5.41) is 0. The summed E-state index contributed by atoms with van der Waals surface area (Å²) in [5.74, 6) is 0. The molecule has 3 heteroatoms. The Labute approximate surface area is 64.2 Å². The Morgan fingerprint density at radius 3 is 1.57 bits per heavy atom. The van der Waals surface area contributed by atoms with Crippen molar-refractivity contribution in [3.63, 3.8) is 0 Å². The molecule has 0 unspecified atom stereocenters.